The lowest BCUT2D eigenvalue weighted by Crippen LogP contribution is -2.61. The first-order valence-corrected chi connectivity index (χ1v) is 6.24. The molecular formula is C12H23N3O3. The van der Waals surface area contributed by atoms with Crippen LogP contribution in [0.2, 0.25) is 0 Å². The summed E-state index contributed by atoms with van der Waals surface area (Å²) < 4.78 is 0. The molecule has 1 aliphatic rings. The molecule has 2 N–H and O–H groups in total. The molecule has 1 rings (SSSR count). The summed E-state index contributed by atoms with van der Waals surface area (Å²) in [5.41, 5.74) is -0.666. The van der Waals surface area contributed by atoms with Crippen LogP contribution in [0.1, 0.15) is 20.8 Å². The molecule has 1 aliphatic heterocycles. The minimum absolute atomic E-state index is 0.153. The molecule has 0 aromatic rings. The molecule has 1 unspecified atom stereocenters. The molecule has 0 saturated carbocycles. The van der Waals surface area contributed by atoms with Crippen molar-refractivity contribution < 1.29 is 14.7 Å². The molecule has 1 heterocycles. The summed E-state index contributed by atoms with van der Waals surface area (Å²) >= 11 is 0. The lowest BCUT2D eigenvalue weighted by atomic mass is 9.99. The fourth-order valence-electron chi connectivity index (χ4n) is 2.13. The van der Waals surface area contributed by atoms with E-state index in [1.54, 1.807) is 7.05 Å². The van der Waals surface area contributed by atoms with E-state index in [0.717, 1.165) is 26.2 Å². The van der Waals surface area contributed by atoms with Crippen molar-refractivity contribution in [3.63, 3.8) is 0 Å². The third-order valence-corrected chi connectivity index (χ3v) is 3.69. The zero-order chi connectivity index (χ0) is 13.9. The van der Waals surface area contributed by atoms with E-state index < -0.39 is 17.6 Å². The largest absolute Gasteiger partial charge is 0.480 e. The third-order valence-electron chi connectivity index (χ3n) is 3.69. The maximum absolute atomic E-state index is 12.4. The van der Waals surface area contributed by atoms with Crippen LogP contribution in [0.4, 0.5) is 0 Å². The Balaban J connectivity index is 2.76. The minimum Gasteiger partial charge on any atom is -0.480 e. The number of piperazine rings is 1. The van der Waals surface area contributed by atoms with E-state index in [-0.39, 0.29) is 5.91 Å². The van der Waals surface area contributed by atoms with Crippen molar-refractivity contribution >= 4 is 11.9 Å². The fraction of sp³-hybridized carbons (Fsp3) is 0.833. The average Bonchev–Trinajstić information content (AvgIpc) is 2.36. The molecule has 0 aromatic carbocycles. The lowest BCUT2D eigenvalue weighted by molar-refractivity contribution is -0.153. The summed E-state index contributed by atoms with van der Waals surface area (Å²) in [5, 5.41) is 12.2. The number of carbonyl (C=O) groups excluding carboxylic acids is 1. The monoisotopic (exact) mass is 257 g/mol. The summed E-state index contributed by atoms with van der Waals surface area (Å²) in [6, 6.07) is -0.806. The maximum atomic E-state index is 12.4. The van der Waals surface area contributed by atoms with Crippen molar-refractivity contribution in [2.75, 3.05) is 33.2 Å². The first-order chi connectivity index (χ1) is 8.28. The Labute approximate surface area is 108 Å². The highest BCUT2D eigenvalue weighted by molar-refractivity contribution is 5.89. The Hall–Kier alpha value is -1.14. The van der Waals surface area contributed by atoms with Crippen LogP contribution < -0.4 is 5.32 Å². The van der Waals surface area contributed by atoms with Crippen LogP contribution in [-0.4, -0.2) is 71.6 Å². The van der Waals surface area contributed by atoms with E-state index in [9.17, 15) is 9.59 Å². The van der Waals surface area contributed by atoms with E-state index in [0.29, 0.717) is 0 Å². The van der Waals surface area contributed by atoms with E-state index in [1.165, 1.54) is 11.8 Å². The summed E-state index contributed by atoms with van der Waals surface area (Å²) in [7, 11) is 1.55. The lowest BCUT2D eigenvalue weighted by Gasteiger charge is -2.42. The number of amides is 1. The van der Waals surface area contributed by atoms with Gasteiger partial charge in [0.1, 0.15) is 6.04 Å². The molecule has 104 valence electrons. The predicted molar refractivity (Wildman–Crippen MR) is 68.4 cm³/mol. The van der Waals surface area contributed by atoms with Crippen LogP contribution in [0.3, 0.4) is 0 Å². The highest BCUT2D eigenvalue weighted by atomic mass is 16.4. The van der Waals surface area contributed by atoms with Gasteiger partial charge in [0.05, 0.1) is 5.54 Å². The van der Waals surface area contributed by atoms with Gasteiger partial charge in [0.15, 0.2) is 0 Å². The van der Waals surface area contributed by atoms with Crippen LogP contribution in [0.25, 0.3) is 0 Å². The van der Waals surface area contributed by atoms with Gasteiger partial charge >= 0.3 is 5.97 Å². The Morgan fingerprint density at radius 1 is 1.33 bits per heavy atom. The molecule has 0 aliphatic carbocycles. The van der Waals surface area contributed by atoms with Crippen molar-refractivity contribution in [1.29, 1.82) is 0 Å². The van der Waals surface area contributed by atoms with E-state index >= 15 is 0 Å². The zero-order valence-electron chi connectivity index (χ0n) is 11.6. The molecule has 0 aromatic heterocycles. The number of carboxylic acids is 1. The summed E-state index contributed by atoms with van der Waals surface area (Å²) in [5.74, 6) is -1.14. The molecule has 6 heteroatoms. The number of nitrogens with one attached hydrogen (secondary N) is 1. The Morgan fingerprint density at radius 3 is 2.28 bits per heavy atom. The fourth-order valence-corrected chi connectivity index (χ4v) is 2.13. The second-order valence-corrected chi connectivity index (χ2v) is 5.23. The van der Waals surface area contributed by atoms with Crippen molar-refractivity contribution in [1.82, 2.24) is 15.1 Å². The summed E-state index contributed by atoms with van der Waals surface area (Å²) in [6.45, 7) is 8.54. The Morgan fingerprint density at radius 2 is 1.83 bits per heavy atom. The standard InChI is InChI=1S/C12H23N3O3/c1-9(10(16)17)14(4)11(18)12(2,3)15-7-5-13-6-8-15/h9,13H,5-8H2,1-4H3,(H,16,17). The number of likely N-dealkylation sites (N-methyl/N-ethyl adjacent to an activating group) is 1. The van der Waals surface area contributed by atoms with Crippen molar-refractivity contribution in [3.05, 3.63) is 0 Å². The number of rotatable bonds is 4. The molecule has 1 amide bonds. The highest BCUT2D eigenvalue weighted by Crippen LogP contribution is 2.19. The number of aliphatic carboxylic acids is 1. The number of hydrogen-bond acceptors (Lipinski definition) is 4. The smallest absolute Gasteiger partial charge is 0.326 e. The second-order valence-electron chi connectivity index (χ2n) is 5.23. The van der Waals surface area contributed by atoms with Crippen molar-refractivity contribution in [3.8, 4) is 0 Å². The minimum atomic E-state index is -0.984. The van der Waals surface area contributed by atoms with E-state index in [1.807, 2.05) is 13.8 Å². The topological polar surface area (TPSA) is 72.9 Å². The normalized spacial score (nSPS) is 19.3. The van der Waals surface area contributed by atoms with E-state index in [2.05, 4.69) is 10.2 Å². The quantitative estimate of drug-likeness (QED) is 0.717. The Bertz CT molecular complexity index is 325. The van der Waals surface area contributed by atoms with Gasteiger partial charge in [-0.05, 0) is 20.8 Å². The van der Waals surface area contributed by atoms with Crippen molar-refractivity contribution in [2.45, 2.75) is 32.4 Å². The highest BCUT2D eigenvalue weighted by Gasteiger charge is 2.39. The molecular weight excluding hydrogens is 234 g/mol. The van der Waals surface area contributed by atoms with Gasteiger partial charge in [-0.1, -0.05) is 0 Å². The number of nitrogens with zero attached hydrogens (tertiary/aromatic N) is 2. The van der Waals surface area contributed by atoms with Gasteiger partial charge in [0.2, 0.25) is 5.91 Å². The zero-order valence-corrected chi connectivity index (χ0v) is 11.6. The van der Waals surface area contributed by atoms with Gasteiger partial charge in [0, 0.05) is 33.2 Å². The number of hydrogen-bond donors (Lipinski definition) is 2. The van der Waals surface area contributed by atoms with Crippen LogP contribution in [-0.2, 0) is 9.59 Å². The SMILES string of the molecule is CC(C(=O)O)N(C)C(=O)C(C)(C)N1CCNCC1. The number of carboxylic acid groups (broad SMARTS) is 1. The molecule has 18 heavy (non-hydrogen) atoms. The first kappa shape index (κ1) is 14.9. The predicted octanol–water partition coefficient (Wildman–Crippen LogP) is -0.398. The van der Waals surface area contributed by atoms with Crippen molar-refractivity contribution in [2.24, 2.45) is 0 Å². The second kappa shape index (κ2) is 5.67. The van der Waals surface area contributed by atoms with Gasteiger partial charge in [0.25, 0.3) is 0 Å². The summed E-state index contributed by atoms with van der Waals surface area (Å²) in [6.07, 6.45) is 0. The van der Waals surface area contributed by atoms with Crippen LogP contribution >= 0.6 is 0 Å². The van der Waals surface area contributed by atoms with Gasteiger partial charge in [-0.2, -0.15) is 0 Å². The average molecular weight is 257 g/mol. The van der Waals surface area contributed by atoms with Crippen LogP contribution in [0, 0.1) is 0 Å². The molecule has 1 fully saturated rings. The van der Waals surface area contributed by atoms with Gasteiger partial charge in [-0.15, -0.1) is 0 Å². The molecule has 1 saturated heterocycles. The van der Waals surface area contributed by atoms with Gasteiger partial charge in [-0.3, -0.25) is 9.69 Å². The molecule has 6 nitrogen and oxygen atoms in total. The first-order valence-electron chi connectivity index (χ1n) is 6.24. The third kappa shape index (κ3) is 3.00. The van der Waals surface area contributed by atoms with Crippen LogP contribution in [0.5, 0.6) is 0 Å². The molecule has 1 atom stereocenters. The Kier molecular flexibility index (Phi) is 4.70. The van der Waals surface area contributed by atoms with Gasteiger partial charge in [-0.25, -0.2) is 4.79 Å². The number of carbonyl (C=O) groups is 2. The molecule has 0 radical (unpaired) electrons. The summed E-state index contributed by atoms with van der Waals surface area (Å²) in [4.78, 5) is 26.7. The molecule has 0 spiro atoms. The van der Waals surface area contributed by atoms with Gasteiger partial charge < -0.3 is 15.3 Å². The van der Waals surface area contributed by atoms with Crippen LogP contribution in [0.15, 0.2) is 0 Å². The van der Waals surface area contributed by atoms with E-state index in [4.69, 9.17) is 5.11 Å². The molecule has 0 bridgehead atoms. The maximum Gasteiger partial charge on any atom is 0.326 e.